The number of aliphatic hydroxyl groups excluding tert-OH is 1. The Morgan fingerprint density at radius 1 is 1.39 bits per heavy atom. The second-order valence-electron chi connectivity index (χ2n) is 4.13. The van der Waals surface area contributed by atoms with Gasteiger partial charge in [-0.1, -0.05) is 0 Å². The van der Waals surface area contributed by atoms with Gasteiger partial charge in [0.2, 0.25) is 10.0 Å². The quantitative estimate of drug-likeness (QED) is 0.888. The van der Waals surface area contributed by atoms with Crippen LogP contribution in [0.3, 0.4) is 0 Å². The molecule has 7 heteroatoms. The van der Waals surface area contributed by atoms with Crippen LogP contribution in [0, 0.1) is 0 Å². The Morgan fingerprint density at radius 3 is 2.56 bits per heavy atom. The van der Waals surface area contributed by atoms with Gasteiger partial charge in [0, 0.05) is 43.0 Å². The molecule has 1 aliphatic heterocycles. The van der Waals surface area contributed by atoms with Crippen molar-refractivity contribution < 1.29 is 13.5 Å². The smallest absolute Gasteiger partial charge is 0.244 e. The van der Waals surface area contributed by atoms with Gasteiger partial charge in [0.15, 0.2) is 0 Å². The molecule has 1 aromatic heterocycles. The predicted octanol–water partition coefficient (Wildman–Crippen LogP) is 0.738. The van der Waals surface area contributed by atoms with Crippen molar-refractivity contribution in [2.45, 2.75) is 25.0 Å². The Hall–Kier alpha value is -0.500. The van der Waals surface area contributed by atoms with E-state index < -0.39 is 10.0 Å². The molecule has 0 aromatic carbocycles. The molecule has 2 rings (SSSR count). The van der Waals surface area contributed by atoms with Crippen molar-refractivity contribution >= 4 is 21.8 Å². The Kier molecular flexibility index (Phi) is 4.37. The molecule has 0 bridgehead atoms. The standard InChI is InChI=1S/C11H18N2O3S2/c1-2-12-8-11(7-10(12)9-14)18(15,16)13-3-5-17-6-4-13/h7-8,14H,2-6,9H2,1H3. The number of thioether (sulfide) groups is 1. The Morgan fingerprint density at radius 2 is 2.06 bits per heavy atom. The van der Waals surface area contributed by atoms with E-state index in [2.05, 4.69) is 0 Å². The topological polar surface area (TPSA) is 62.5 Å². The van der Waals surface area contributed by atoms with Gasteiger partial charge in [-0.25, -0.2) is 8.42 Å². The first-order valence-electron chi connectivity index (χ1n) is 5.97. The summed E-state index contributed by atoms with van der Waals surface area (Å²) in [7, 11) is -3.40. The van der Waals surface area contributed by atoms with Crippen LogP contribution in [0.5, 0.6) is 0 Å². The van der Waals surface area contributed by atoms with E-state index in [4.69, 9.17) is 0 Å². The average Bonchev–Trinajstić information content (AvgIpc) is 2.83. The molecule has 5 nitrogen and oxygen atoms in total. The first-order chi connectivity index (χ1) is 8.59. The van der Waals surface area contributed by atoms with Gasteiger partial charge in [0.05, 0.1) is 6.61 Å². The highest BCUT2D eigenvalue weighted by Crippen LogP contribution is 2.22. The highest BCUT2D eigenvalue weighted by Gasteiger charge is 2.27. The molecule has 2 heterocycles. The van der Waals surface area contributed by atoms with Crippen LogP contribution in [0.4, 0.5) is 0 Å². The number of aliphatic hydroxyl groups is 1. The van der Waals surface area contributed by atoms with Crippen LogP contribution in [0.15, 0.2) is 17.2 Å². The van der Waals surface area contributed by atoms with Crippen molar-refractivity contribution in [2.24, 2.45) is 0 Å². The van der Waals surface area contributed by atoms with Crippen LogP contribution < -0.4 is 0 Å². The molecule has 102 valence electrons. The molecule has 1 saturated heterocycles. The zero-order valence-electron chi connectivity index (χ0n) is 10.4. The summed E-state index contributed by atoms with van der Waals surface area (Å²) in [6.07, 6.45) is 1.61. The molecule has 0 atom stereocenters. The number of rotatable bonds is 4. The molecular weight excluding hydrogens is 272 g/mol. The van der Waals surface area contributed by atoms with E-state index in [1.54, 1.807) is 28.6 Å². The van der Waals surface area contributed by atoms with Gasteiger partial charge in [0.25, 0.3) is 0 Å². The zero-order valence-corrected chi connectivity index (χ0v) is 12.0. The van der Waals surface area contributed by atoms with Crippen molar-refractivity contribution in [3.8, 4) is 0 Å². The third-order valence-corrected chi connectivity index (χ3v) is 5.88. The van der Waals surface area contributed by atoms with Crippen molar-refractivity contribution in [1.29, 1.82) is 0 Å². The summed E-state index contributed by atoms with van der Waals surface area (Å²) in [5.41, 5.74) is 0.641. The van der Waals surface area contributed by atoms with Crippen molar-refractivity contribution in [2.75, 3.05) is 24.6 Å². The van der Waals surface area contributed by atoms with Gasteiger partial charge in [-0.2, -0.15) is 16.1 Å². The largest absolute Gasteiger partial charge is 0.390 e. The molecule has 1 aromatic rings. The first kappa shape index (κ1) is 13.9. The Bertz CT molecular complexity index is 483. The summed E-state index contributed by atoms with van der Waals surface area (Å²) >= 11 is 1.78. The van der Waals surface area contributed by atoms with E-state index in [1.165, 1.54) is 4.31 Å². The van der Waals surface area contributed by atoms with Gasteiger partial charge in [-0.3, -0.25) is 0 Å². The van der Waals surface area contributed by atoms with Crippen LogP contribution in [-0.4, -0.2) is 47.0 Å². The highest BCUT2D eigenvalue weighted by molar-refractivity contribution is 7.99. The van der Waals surface area contributed by atoms with E-state index in [0.717, 1.165) is 11.5 Å². The molecular formula is C11H18N2O3S2. The van der Waals surface area contributed by atoms with Crippen LogP contribution >= 0.6 is 11.8 Å². The third-order valence-electron chi connectivity index (χ3n) is 3.07. The van der Waals surface area contributed by atoms with E-state index in [-0.39, 0.29) is 6.61 Å². The van der Waals surface area contributed by atoms with Gasteiger partial charge in [-0.05, 0) is 13.0 Å². The van der Waals surface area contributed by atoms with Crippen LogP contribution in [-0.2, 0) is 23.2 Å². The Balaban J connectivity index is 2.31. The number of nitrogens with zero attached hydrogens (tertiary/aromatic N) is 2. The number of hydrogen-bond acceptors (Lipinski definition) is 4. The SMILES string of the molecule is CCn1cc(S(=O)(=O)N2CCSCC2)cc1CO. The van der Waals surface area contributed by atoms with E-state index in [1.807, 2.05) is 6.92 Å². The average molecular weight is 290 g/mol. The molecule has 0 radical (unpaired) electrons. The van der Waals surface area contributed by atoms with Gasteiger partial charge < -0.3 is 9.67 Å². The minimum atomic E-state index is -3.40. The zero-order chi connectivity index (χ0) is 13.2. The second-order valence-corrected chi connectivity index (χ2v) is 7.29. The summed E-state index contributed by atoms with van der Waals surface area (Å²) in [6, 6.07) is 1.57. The monoisotopic (exact) mass is 290 g/mol. The summed E-state index contributed by atoms with van der Waals surface area (Å²) in [4.78, 5) is 0.292. The fraction of sp³-hybridized carbons (Fsp3) is 0.636. The van der Waals surface area contributed by atoms with E-state index >= 15 is 0 Å². The minimum Gasteiger partial charge on any atom is -0.390 e. The number of aryl methyl sites for hydroxylation is 1. The van der Waals surface area contributed by atoms with Crippen molar-refractivity contribution in [1.82, 2.24) is 8.87 Å². The van der Waals surface area contributed by atoms with E-state index in [0.29, 0.717) is 30.2 Å². The molecule has 1 N–H and O–H groups in total. The van der Waals surface area contributed by atoms with Crippen LogP contribution in [0.25, 0.3) is 0 Å². The van der Waals surface area contributed by atoms with Gasteiger partial charge in [0.1, 0.15) is 4.90 Å². The summed E-state index contributed by atoms with van der Waals surface area (Å²) in [6.45, 7) is 3.57. The lowest BCUT2D eigenvalue weighted by Gasteiger charge is -2.25. The maximum atomic E-state index is 12.4. The summed E-state index contributed by atoms with van der Waals surface area (Å²) in [5.74, 6) is 1.70. The van der Waals surface area contributed by atoms with Gasteiger partial charge >= 0.3 is 0 Å². The molecule has 0 spiro atoms. The maximum Gasteiger partial charge on any atom is 0.244 e. The highest BCUT2D eigenvalue weighted by atomic mass is 32.2. The predicted molar refractivity (Wildman–Crippen MR) is 72.1 cm³/mol. The summed E-state index contributed by atoms with van der Waals surface area (Å²) < 4.78 is 28.1. The lowest BCUT2D eigenvalue weighted by atomic mass is 10.4. The van der Waals surface area contributed by atoms with Crippen molar-refractivity contribution in [3.05, 3.63) is 18.0 Å². The summed E-state index contributed by atoms with van der Waals surface area (Å²) in [5, 5.41) is 9.21. The van der Waals surface area contributed by atoms with Crippen LogP contribution in [0.1, 0.15) is 12.6 Å². The third kappa shape index (κ3) is 2.59. The van der Waals surface area contributed by atoms with Gasteiger partial charge in [-0.15, -0.1) is 0 Å². The maximum absolute atomic E-state index is 12.4. The fourth-order valence-corrected chi connectivity index (χ4v) is 4.67. The molecule has 1 aliphatic rings. The van der Waals surface area contributed by atoms with Crippen molar-refractivity contribution in [3.63, 3.8) is 0 Å². The molecule has 1 fully saturated rings. The number of aromatic nitrogens is 1. The molecule has 0 aliphatic carbocycles. The number of sulfonamides is 1. The van der Waals surface area contributed by atoms with Crippen LogP contribution in [0.2, 0.25) is 0 Å². The van der Waals surface area contributed by atoms with E-state index in [9.17, 15) is 13.5 Å². The lowest BCUT2D eigenvalue weighted by Crippen LogP contribution is -2.37. The normalized spacial score (nSPS) is 18.1. The molecule has 0 amide bonds. The minimum absolute atomic E-state index is 0.140. The second kappa shape index (κ2) is 5.64. The number of hydrogen-bond donors (Lipinski definition) is 1. The molecule has 0 saturated carbocycles. The fourth-order valence-electron chi connectivity index (χ4n) is 2.03. The Labute approximate surface area is 112 Å². The molecule has 18 heavy (non-hydrogen) atoms. The first-order valence-corrected chi connectivity index (χ1v) is 8.57. The lowest BCUT2D eigenvalue weighted by molar-refractivity contribution is 0.271. The molecule has 0 unspecified atom stereocenters.